The van der Waals surface area contributed by atoms with E-state index < -0.39 is 0 Å². The Kier molecular flexibility index (Phi) is 8.12. The van der Waals surface area contributed by atoms with E-state index in [2.05, 4.69) is 150 Å². The zero-order valence-electron chi connectivity index (χ0n) is 29.9. The number of rotatable bonds is 7. The molecule has 0 spiro atoms. The van der Waals surface area contributed by atoms with Crippen molar-refractivity contribution in [1.29, 1.82) is 0 Å². The molecule has 0 atom stereocenters. The Hall–Kier alpha value is -7.43. The fourth-order valence-corrected chi connectivity index (χ4v) is 7.54. The summed E-state index contributed by atoms with van der Waals surface area (Å²) in [6.07, 6.45) is 0. The smallest absolute Gasteiger partial charge is 0.164 e. The van der Waals surface area contributed by atoms with Crippen LogP contribution in [0.25, 0.3) is 95.0 Å². The molecule has 2 heterocycles. The number of fused-ring (bicyclic) bond motifs is 3. The molecule has 0 aliphatic heterocycles. The van der Waals surface area contributed by atoms with E-state index in [4.69, 9.17) is 15.0 Å². The van der Waals surface area contributed by atoms with Crippen molar-refractivity contribution in [2.45, 2.75) is 0 Å². The van der Waals surface area contributed by atoms with E-state index in [-0.39, 0.29) is 0 Å². The molecule has 55 heavy (non-hydrogen) atoms. The van der Waals surface area contributed by atoms with Gasteiger partial charge in [-0.3, -0.25) is 0 Å². The molecular weight excluding hydrogens is 669 g/mol. The SMILES string of the molecule is c1ccc(-c2cc(-c3ccccc3)cc(-c3ccc4c5ccccc5n(-c5cccc(-c6nc(-c7ccccc7)nc(-c7ccccc7)n6)c5)c4c3)c2)cc1. The lowest BCUT2D eigenvalue weighted by Gasteiger charge is -2.13. The Morgan fingerprint density at radius 2 is 0.691 bits per heavy atom. The van der Waals surface area contributed by atoms with Crippen molar-refractivity contribution in [3.63, 3.8) is 0 Å². The van der Waals surface area contributed by atoms with Crippen LogP contribution in [0.1, 0.15) is 0 Å². The molecule has 0 unspecified atom stereocenters. The number of hydrogen-bond donors (Lipinski definition) is 0. The zero-order valence-corrected chi connectivity index (χ0v) is 29.9. The van der Waals surface area contributed by atoms with Crippen molar-refractivity contribution in [1.82, 2.24) is 19.5 Å². The third-order valence-electron chi connectivity index (χ3n) is 10.2. The summed E-state index contributed by atoms with van der Waals surface area (Å²) in [7, 11) is 0. The van der Waals surface area contributed by atoms with Crippen LogP contribution < -0.4 is 0 Å². The number of benzene rings is 8. The molecular formula is C51H34N4. The number of hydrogen-bond acceptors (Lipinski definition) is 3. The number of nitrogens with zero attached hydrogens (tertiary/aromatic N) is 4. The maximum absolute atomic E-state index is 5.04. The molecule has 2 aromatic heterocycles. The first-order valence-electron chi connectivity index (χ1n) is 18.5. The minimum atomic E-state index is 0.627. The van der Waals surface area contributed by atoms with E-state index >= 15 is 0 Å². The Morgan fingerprint density at radius 1 is 0.255 bits per heavy atom. The topological polar surface area (TPSA) is 43.6 Å². The summed E-state index contributed by atoms with van der Waals surface area (Å²) in [5, 5.41) is 2.40. The Bertz CT molecular complexity index is 2840. The van der Waals surface area contributed by atoms with E-state index in [0.717, 1.165) is 39.0 Å². The Morgan fingerprint density at radius 3 is 1.25 bits per heavy atom. The minimum absolute atomic E-state index is 0.627. The van der Waals surface area contributed by atoms with E-state index in [1.165, 1.54) is 38.6 Å². The normalized spacial score (nSPS) is 11.3. The molecule has 0 aliphatic carbocycles. The van der Waals surface area contributed by atoms with Gasteiger partial charge in [0.15, 0.2) is 17.5 Å². The van der Waals surface area contributed by atoms with Gasteiger partial charge in [-0.1, -0.05) is 164 Å². The van der Waals surface area contributed by atoms with E-state index in [0.29, 0.717) is 17.5 Å². The Labute approximate surface area is 319 Å². The second kappa shape index (κ2) is 13.8. The fourth-order valence-electron chi connectivity index (χ4n) is 7.54. The van der Waals surface area contributed by atoms with Crippen LogP contribution >= 0.6 is 0 Å². The van der Waals surface area contributed by atoms with Crippen LogP contribution in [-0.4, -0.2) is 19.5 Å². The van der Waals surface area contributed by atoms with Crippen LogP contribution in [0.2, 0.25) is 0 Å². The first kappa shape index (κ1) is 32.2. The highest BCUT2D eigenvalue weighted by Gasteiger charge is 2.17. The lowest BCUT2D eigenvalue weighted by atomic mass is 9.93. The maximum Gasteiger partial charge on any atom is 0.164 e. The van der Waals surface area contributed by atoms with Gasteiger partial charge in [0, 0.05) is 33.2 Å². The van der Waals surface area contributed by atoms with Crippen molar-refractivity contribution in [2.24, 2.45) is 0 Å². The third kappa shape index (κ3) is 6.16. The molecule has 0 bridgehead atoms. The molecule has 10 aromatic rings. The van der Waals surface area contributed by atoms with Crippen molar-refractivity contribution in [3.05, 3.63) is 206 Å². The van der Waals surface area contributed by atoms with Gasteiger partial charge in [-0.25, -0.2) is 15.0 Å². The van der Waals surface area contributed by atoms with Crippen molar-refractivity contribution < 1.29 is 0 Å². The molecule has 0 aliphatic rings. The second-order valence-corrected chi connectivity index (χ2v) is 13.7. The highest BCUT2D eigenvalue weighted by molar-refractivity contribution is 6.10. The van der Waals surface area contributed by atoms with Crippen LogP contribution in [0.5, 0.6) is 0 Å². The Balaban J connectivity index is 1.15. The lowest BCUT2D eigenvalue weighted by molar-refractivity contribution is 1.07. The van der Waals surface area contributed by atoms with Gasteiger partial charge in [0.05, 0.1) is 11.0 Å². The van der Waals surface area contributed by atoms with Gasteiger partial charge in [0.2, 0.25) is 0 Å². The first-order valence-corrected chi connectivity index (χ1v) is 18.5. The van der Waals surface area contributed by atoms with Gasteiger partial charge in [-0.05, 0) is 75.8 Å². The largest absolute Gasteiger partial charge is 0.309 e. The monoisotopic (exact) mass is 702 g/mol. The summed E-state index contributed by atoms with van der Waals surface area (Å²) < 4.78 is 2.37. The highest BCUT2D eigenvalue weighted by atomic mass is 15.0. The van der Waals surface area contributed by atoms with Gasteiger partial charge in [0.25, 0.3) is 0 Å². The van der Waals surface area contributed by atoms with Crippen LogP contribution in [0.15, 0.2) is 206 Å². The molecule has 0 fully saturated rings. The first-order chi connectivity index (χ1) is 27.2. The molecule has 0 saturated heterocycles. The number of para-hydroxylation sites is 1. The highest BCUT2D eigenvalue weighted by Crippen LogP contribution is 2.38. The molecule has 0 N–H and O–H groups in total. The van der Waals surface area contributed by atoms with Gasteiger partial charge in [-0.15, -0.1) is 0 Å². The molecule has 4 heteroatoms. The molecule has 4 nitrogen and oxygen atoms in total. The molecule has 0 amide bonds. The van der Waals surface area contributed by atoms with E-state index in [1.807, 2.05) is 60.7 Å². The van der Waals surface area contributed by atoms with Crippen molar-refractivity contribution in [2.75, 3.05) is 0 Å². The molecule has 10 rings (SSSR count). The predicted octanol–water partition coefficient (Wildman–Crippen LogP) is 13.0. The van der Waals surface area contributed by atoms with Gasteiger partial charge < -0.3 is 4.57 Å². The van der Waals surface area contributed by atoms with Crippen LogP contribution in [-0.2, 0) is 0 Å². The summed E-state index contributed by atoms with van der Waals surface area (Å²) >= 11 is 0. The average Bonchev–Trinajstić information content (AvgIpc) is 3.61. The lowest BCUT2D eigenvalue weighted by Crippen LogP contribution is -2.01. The van der Waals surface area contributed by atoms with Crippen molar-refractivity contribution >= 4 is 21.8 Å². The zero-order chi connectivity index (χ0) is 36.6. The standard InChI is InChI=1S/C51H34N4/c1-5-16-35(17-6-1)41-30-42(36-18-7-2-8-19-36)32-43(31-41)39-28-29-46-45-26-13-14-27-47(45)55(48(46)34-39)44-25-15-24-40(33-44)51-53-49(37-20-9-3-10-21-37)52-50(54-51)38-22-11-4-12-23-38/h1-34H. The number of aromatic nitrogens is 4. The van der Waals surface area contributed by atoms with Crippen molar-refractivity contribution in [3.8, 4) is 73.2 Å². The summed E-state index contributed by atoms with van der Waals surface area (Å²) in [6, 6.07) is 72.5. The van der Waals surface area contributed by atoms with Crippen LogP contribution in [0.4, 0.5) is 0 Å². The van der Waals surface area contributed by atoms with Gasteiger partial charge in [-0.2, -0.15) is 0 Å². The minimum Gasteiger partial charge on any atom is -0.309 e. The third-order valence-corrected chi connectivity index (χ3v) is 10.2. The second-order valence-electron chi connectivity index (χ2n) is 13.7. The summed E-state index contributed by atoms with van der Waals surface area (Å²) in [6.45, 7) is 0. The van der Waals surface area contributed by atoms with E-state index in [9.17, 15) is 0 Å². The molecule has 0 saturated carbocycles. The fraction of sp³-hybridized carbons (Fsp3) is 0. The maximum atomic E-state index is 5.04. The van der Waals surface area contributed by atoms with Gasteiger partial charge >= 0.3 is 0 Å². The molecule has 8 aromatic carbocycles. The summed E-state index contributed by atoms with van der Waals surface area (Å²) in [4.78, 5) is 15.0. The quantitative estimate of drug-likeness (QED) is 0.166. The molecule has 258 valence electrons. The van der Waals surface area contributed by atoms with E-state index in [1.54, 1.807) is 0 Å². The molecule has 0 radical (unpaired) electrons. The summed E-state index contributed by atoms with van der Waals surface area (Å²) in [5.74, 6) is 1.91. The average molecular weight is 703 g/mol. The van der Waals surface area contributed by atoms with Gasteiger partial charge in [0.1, 0.15) is 0 Å². The summed E-state index contributed by atoms with van der Waals surface area (Å²) in [5.41, 5.74) is 13.2. The predicted molar refractivity (Wildman–Crippen MR) is 227 cm³/mol. The van der Waals surface area contributed by atoms with Crippen LogP contribution in [0.3, 0.4) is 0 Å². The van der Waals surface area contributed by atoms with Crippen LogP contribution in [0, 0.1) is 0 Å².